The molecule has 4 rings (SSSR count). The lowest BCUT2D eigenvalue weighted by molar-refractivity contribution is -0.141. The first-order valence-corrected chi connectivity index (χ1v) is 13.3. The number of nitrogens with zero attached hydrogens (tertiary/aromatic N) is 1. The van der Waals surface area contributed by atoms with E-state index < -0.39 is 6.04 Å². The van der Waals surface area contributed by atoms with E-state index >= 15 is 0 Å². The predicted molar refractivity (Wildman–Crippen MR) is 146 cm³/mol. The smallest absolute Gasteiger partial charge is 0.243 e. The maximum atomic E-state index is 13.9. The van der Waals surface area contributed by atoms with Crippen LogP contribution in [0.1, 0.15) is 47.9 Å². The van der Waals surface area contributed by atoms with Crippen molar-refractivity contribution in [2.24, 2.45) is 0 Å². The van der Waals surface area contributed by atoms with Gasteiger partial charge in [-0.15, -0.1) is 0 Å². The van der Waals surface area contributed by atoms with E-state index in [-0.39, 0.29) is 30.8 Å². The predicted octanol–water partition coefficient (Wildman–Crippen LogP) is 6.54. The summed E-state index contributed by atoms with van der Waals surface area (Å²) < 4.78 is 0. The molecule has 1 atom stereocenters. The van der Waals surface area contributed by atoms with Crippen molar-refractivity contribution in [2.75, 3.05) is 0 Å². The van der Waals surface area contributed by atoms with Crippen LogP contribution in [0.5, 0.6) is 0 Å². The lowest BCUT2D eigenvalue weighted by Gasteiger charge is -2.32. The van der Waals surface area contributed by atoms with Crippen molar-refractivity contribution < 1.29 is 9.59 Å². The minimum absolute atomic E-state index is 0.0992. The monoisotopic (exact) mass is 522 g/mol. The molecule has 0 aliphatic heterocycles. The Morgan fingerprint density at radius 1 is 0.917 bits per heavy atom. The van der Waals surface area contributed by atoms with Crippen LogP contribution in [-0.4, -0.2) is 28.8 Å². The van der Waals surface area contributed by atoms with E-state index in [4.69, 9.17) is 23.2 Å². The van der Waals surface area contributed by atoms with E-state index in [0.717, 1.165) is 47.9 Å². The van der Waals surface area contributed by atoms with Gasteiger partial charge in [0.1, 0.15) is 6.04 Å². The number of hydrogen-bond acceptors (Lipinski definition) is 2. The van der Waals surface area contributed by atoms with Crippen LogP contribution in [-0.2, 0) is 29.0 Å². The highest BCUT2D eigenvalue weighted by atomic mass is 35.5. The number of benzene rings is 3. The number of carbonyl (C=O) groups is 2. The van der Waals surface area contributed by atoms with Crippen molar-refractivity contribution in [3.8, 4) is 0 Å². The summed E-state index contributed by atoms with van der Waals surface area (Å²) in [7, 11) is 0. The first-order valence-electron chi connectivity index (χ1n) is 12.5. The first kappa shape index (κ1) is 26.2. The second-order valence-electron chi connectivity index (χ2n) is 9.57. The Kier molecular flexibility index (Phi) is 9.06. The molecule has 3 aromatic rings. The van der Waals surface area contributed by atoms with Crippen molar-refractivity contribution >= 4 is 35.0 Å². The quantitative estimate of drug-likeness (QED) is 0.346. The Morgan fingerprint density at radius 2 is 1.61 bits per heavy atom. The molecule has 36 heavy (non-hydrogen) atoms. The Morgan fingerprint density at radius 3 is 2.31 bits per heavy atom. The van der Waals surface area contributed by atoms with Crippen LogP contribution in [0.2, 0.25) is 10.0 Å². The molecule has 6 heteroatoms. The van der Waals surface area contributed by atoms with E-state index in [9.17, 15) is 9.59 Å². The van der Waals surface area contributed by atoms with Crippen molar-refractivity contribution in [3.05, 3.63) is 105 Å². The number of amides is 2. The van der Waals surface area contributed by atoms with Gasteiger partial charge in [-0.2, -0.15) is 0 Å². The third kappa shape index (κ3) is 6.89. The highest BCUT2D eigenvalue weighted by Gasteiger charge is 2.32. The second kappa shape index (κ2) is 12.4. The van der Waals surface area contributed by atoms with Crippen LogP contribution in [0, 0.1) is 6.92 Å². The van der Waals surface area contributed by atoms with Crippen LogP contribution >= 0.6 is 23.2 Å². The number of halogens is 2. The molecule has 4 nitrogen and oxygen atoms in total. The largest absolute Gasteiger partial charge is 0.352 e. The fraction of sp³-hybridized carbons (Fsp3) is 0.333. The van der Waals surface area contributed by atoms with Crippen LogP contribution in [0.15, 0.2) is 72.8 Å². The maximum absolute atomic E-state index is 13.9. The minimum atomic E-state index is -0.654. The van der Waals surface area contributed by atoms with Crippen LogP contribution in [0.4, 0.5) is 0 Å². The van der Waals surface area contributed by atoms with Crippen molar-refractivity contribution in [3.63, 3.8) is 0 Å². The first-order chi connectivity index (χ1) is 17.4. The Labute approximate surface area is 223 Å². The van der Waals surface area contributed by atoms with E-state index in [1.165, 1.54) is 0 Å². The fourth-order valence-electron chi connectivity index (χ4n) is 4.83. The Bertz CT molecular complexity index is 1190. The van der Waals surface area contributed by atoms with Gasteiger partial charge in [0.05, 0.1) is 16.5 Å². The van der Waals surface area contributed by atoms with E-state index in [0.29, 0.717) is 16.5 Å². The highest BCUT2D eigenvalue weighted by Crippen LogP contribution is 2.25. The molecule has 1 unspecified atom stereocenters. The number of rotatable bonds is 9. The lowest BCUT2D eigenvalue weighted by atomic mass is 10.00. The molecule has 3 aromatic carbocycles. The van der Waals surface area contributed by atoms with Gasteiger partial charge in [0, 0.05) is 19.0 Å². The van der Waals surface area contributed by atoms with E-state index in [1.54, 1.807) is 17.0 Å². The lowest BCUT2D eigenvalue weighted by Crippen LogP contribution is -2.52. The Hall–Kier alpha value is -2.82. The number of carbonyl (C=O) groups excluding carboxylic acids is 2. The molecule has 1 N–H and O–H groups in total. The summed E-state index contributed by atoms with van der Waals surface area (Å²) in [5.74, 6) is -0.207. The fourth-order valence-corrected chi connectivity index (χ4v) is 5.15. The number of hydrogen-bond donors (Lipinski definition) is 1. The van der Waals surface area contributed by atoms with Crippen LogP contribution < -0.4 is 5.32 Å². The molecule has 0 aromatic heterocycles. The molecule has 1 aliphatic rings. The van der Waals surface area contributed by atoms with Gasteiger partial charge in [-0.05, 0) is 54.2 Å². The molecule has 1 aliphatic carbocycles. The van der Waals surface area contributed by atoms with Gasteiger partial charge in [-0.1, -0.05) is 96.7 Å². The zero-order chi connectivity index (χ0) is 25.5. The van der Waals surface area contributed by atoms with Crippen molar-refractivity contribution in [1.82, 2.24) is 10.2 Å². The summed E-state index contributed by atoms with van der Waals surface area (Å²) in [6.45, 7) is 2.26. The van der Waals surface area contributed by atoms with E-state index in [2.05, 4.69) is 5.32 Å². The molecule has 0 heterocycles. The summed E-state index contributed by atoms with van der Waals surface area (Å²) in [6, 6.07) is 22.6. The molecule has 2 amide bonds. The summed E-state index contributed by atoms with van der Waals surface area (Å²) in [6.07, 6.45) is 4.85. The zero-order valence-electron chi connectivity index (χ0n) is 20.6. The zero-order valence-corrected chi connectivity index (χ0v) is 22.1. The molecule has 1 fully saturated rings. The average molecular weight is 524 g/mol. The average Bonchev–Trinajstić information content (AvgIpc) is 3.38. The number of nitrogens with one attached hydrogen (secondary N) is 1. The van der Waals surface area contributed by atoms with Gasteiger partial charge in [0.25, 0.3) is 0 Å². The molecule has 188 valence electrons. The third-order valence-corrected chi connectivity index (χ3v) is 7.65. The van der Waals surface area contributed by atoms with Gasteiger partial charge >= 0.3 is 0 Å². The summed E-state index contributed by atoms with van der Waals surface area (Å²) in [5, 5.41) is 4.12. The summed E-state index contributed by atoms with van der Waals surface area (Å²) >= 11 is 12.4. The van der Waals surface area contributed by atoms with Crippen LogP contribution in [0.3, 0.4) is 0 Å². The second-order valence-corrected chi connectivity index (χ2v) is 10.4. The molecule has 0 bridgehead atoms. The normalized spacial score (nSPS) is 14.4. The molecule has 0 radical (unpaired) electrons. The van der Waals surface area contributed by atoms with Gasteiger partial charge in [-0.3, -0.25) is 9.59 Å². The van der Waals surface area contributed by atoms with Crippen molar-refractivity contribution in [1.29, 1.82) is 0 Å². The molecule has 0 saturated heterocycles. The SMILES string of the molecule is Cc1ccccc1CC(=O)N(Cc1ccc(Cl)c(Cl)c1)C(Cc1ccccc1)C(=O)NC1CCCC1. The van der Waals surface area contributed by atoms with Gasteiger partial charge in [-0.25, -0.2) is 0 Å². The minimum Gasteiger partial charge on any atom is -0.352 e. The van der Waals surface area contributed by atoms with Gasteiger partial charge in [0.2, 0.25) is 11.8 Å². The van der Waals surface area contributed by atoms with E-state index in [1.807, 2.05) is 67.6 Å². The topological polar surface area (TPSA) is 49.4 Å². The standard InChI is InChI=1S/C30H32Cl2N2O2/c1-21-9-5-6-12-24(21)19-29(35)34(20-23-15-16-26(31)27(32)17-23)28(18-22-10-3-2-4-11-22)30(36)33-25-13-7-8-14-25/h2-6,9-12,15-17,25,28H,7-8,13-14,18-20H2,1H3,(H,33,36). The molecular formula is C30H32Cl2N2O2. The van der Waals surface area contributed by atoms with Gasteiger partial charge in [0.15, 0.2) is 0 Å². The summed E-state index contributed by atoms with van der Waals surface area (Å²) in [5.41, 5.74) is 3.84. The maximum Gasteiger partial charge on any atom is 0.243 e. The highest BCUT2D eigenvalue weighted by molar-refractivity contribution is 6.42. The summed E-state index contributed by atoms with van der Waals surface area (Å²) in [4.78, 5) is 29.3. The Balaban J connectivity index is 1.68. The molecular weight excluding hydrogens is 491 g/mol. The van der Waals surface area contributed by atoms with Crippen molar-refractivity contribution in [2.45, 2.75) is 64.1 Å². The molecule has 1 saturated carbocycles. The van der Waals surface area contributed by atoms with Gasteiger partial charge < -0.3 is 10.2 Å². The number of aryl methyl sites for hydroxylation is 1. The van der Waals surface area contributed by atoms with Crippen LogP contribution in [0.25, 0.3) is 0 Å². The molecule has 0 spiro atoms. The third-order valence-electron chi connectivity index (χ3n) is 6.91.